The van der Waals surface area contributed by atoms with Crippen LogP contribution in [0, 0.1) is 6.92 Å². The minimum Gasteiger partial charge on any atom is -0.494 e. The molecule has 2 aromatic rings. The van der Waals surface area contributed by atoms with E-state index in [1.165, 1.54) is 5.56 Å². The van der Waals surface area contributed by atoms with Gasteiger partial charge in [-0.1, -0.05) is 45.8 Å². The predicted octanol–water partition coefficient (Wildman–Crippen LogP) is 4.86. The van der Waals surface area contributed by atoms with E-state index in [0.29, 0.717) is 26.0 Å². The van der Waals surface area contributed by atoms with Crippen LogP contribution in [0.2, 0.25) is 0 Å². The lowest BCUT2D eigenvalue weighted by Crippen LogP contribution is -2.49. The minimum absolute atomic E-state index is 0.0208. The zero-order valence-electron chi connectivity index (χ0n) is 18.2. The third-order valence-electron chi connectivity index (χ3n) is 4.69. The number of halogens is 1. The van der Waals surface area contributed by atoms with Crippen LogP contribution >= 0.6 is 15.9 Å². The molecule has 0 spiro atoms. The molecule has 0 radical (unpaired) electrons. The number of carbonyl (C=O) groups is 2. The third-order valence-corrected chi connectivity index (χ3v) is 5.22. The normalized spacial score (nSPS) is 11.8. The first kappa shape index (κ1) is 23.9. The van der Waals surface area contributed by atoms with E-state index < -0.39 is 6.04 Å². The molecule has 2 rings (SSSR count). The van der Waals surface area contributed by atoms with Gasteiger partial charge in [-0.15, -0.1) is 0 Å². The van der Waals surface area contributed by atoms with Crippen LogP contribution in [0.1, 0.15) is 44.7 Å². The highest BCUT2D eigenvalue weighted by molar-refractivity contribution is 9.10. The van der Waals surface area contributed by atoms with E-state index in [1.807, 2.05) is 69.3 Å². The molecule has 0 aliphatic rings. The van der Waals surface area contributed by atoms with Gasteiger partial charge in [-0.3, -0.25) is 9.59 Å². The molecular formula is C24H31BrN2O3. The summed E-state index contributed by atoms with van der Waals surface area (Å²) in [6, 6.07) is 15.1. The molecular weight excluding hydrogens is 444 g/mol. The van der Waals surface area contributed by atoms with Gasteiger partial charge in [0.1, 0.15) is 11.8 Å². The Balaban J connectivity index is 1.98. The number of rotatable bonds is 10. The van der Waals surface area contributed by atoms with E-state index in [-0.39, 0.29) is 17.9 Å². The molecule has 0 aliphatic heterocycles. The highest BCUT2D eigenvalue weighted by Gasteiger charge is 2.26. The first-order chi connectivity index (χ1) is 14.3. The average molecular weight is 475 g/mol. The number of ether oxygens (including phenoxy) is 1. The highest BCUT2D eigenvalue weighted by atomic mass is 79.9. The van der Waals surface area contributed by atoms with E-state index in [0.717, 1.165) is 15.8 Å². The largest absolute Gasteiger partial charge is 0.494 e. The van der Waals surface area contributed by atoms with Crippen LogP contribution in [0.5, 0.6) is 5.75 Å². The maximum atomic E-state index is 13.0. The Labute approximate surface area is 187 Å². The lowest BCUT2D eigenvalue weighted by Gasteiger charge is -2.29. The van der Waals surface area contributed by atoms with Crippen molar-refractivity contribution in [2.45, 2.75) is 59.2 Å². The summed E-state index contributed by atoms with van der Waals surface area (Å²) in [5.74, 6) is 0.590. The number of carbonyl (C=O) groups excluding carboxylic acids is 2. The van der Waals surface area contributed by atoms with Crippen molar-refractivity contribution in [3.05, 3.63) is 64.1 Å². The molecule has 0 saturated heterocycles. The first-order valence-electron chi connectivity index (χ1n) is 10.3. The molecule has 6 heteroatoms. The number of aryl methyl sites for hydroxylation is 1. The fourth-order valence-electron chi connectivity index (χ4n) is 2.97. The van der Waals surface area contributed by atoms with E-state index in [1.54, 1.807) is 11.8 Å². The molecule has 0 saturated carbocycles. The Morgan fingerprint density at radius 3 is 2.27 bits per heavy atom. The smallest absolute Gasteiger partial charge is 0.242 e. The van der Waals surface area contributed by atoms with Crippen LogP contribution in [0.25, 0.3) is 0 Å². The fraction of sp³-hybridized carbons (Fsp3) is 0.417. The van der Waals surface area contributed by atoms with Crippen LogP contribution in [-0.2, 0) is 16.1 Å². The molecule has 0 unspecified atom stereocenters. The van der Waals surface area contributed by atoms with Crippen molar-refractivity contribution in [3.8, 4) is 5.75 Å². The van der Waals surface area contributed by atoms with Crippen LogP contribution in [0.3, 0.4) is 0 Å². The van der Waals surface area contributed by atoms with E-state index in [2.05, 4.69) is 21.2 Å². The van der Waals surface area contributed by atoms with Crippen LogP contribution in [0.4, 0.5) is 0 Å². The van der Waals surface area contributed by atoms with Gasteiger partial charge in [-0.25, -0.2) is 0 Å². The van der Waals surface area contributed by atoms with Crippen molar-refractivity contribution in [3.63, 3.8) is 0 Å². The maximum Gasteiger partial charge on any atom is 0.242 e. The Morgan fingerprint density at radius 2 is 1.67 bits per heavy atom. The highest BCUT2D eigenvalue weighted by Crippen LogP contribution is 2.16. The Hall–Kier alpha value is -2.34. The second-order valence-corrected chi connectivity index (χ2v) is 8.67. The summed E-state index contributed by atoms with van der Waals surface area (Å²) in [7, 11) is 0. The Morgan fingerprint density at radius 1 is 1.03 bits per heavy atom. The lowest BCUT2D eigenvalue weighted by atomic mass is 10.1. The molecule has 0 aromatic heterocycles. The van der Waals surface area contributed by atoms with E-state index >= 15 is 0 Å². The average Bonchev–Trinajstić information content (AvgIpc) is 2.71. The van der Waals surface area contributed by atoms with Crippen molar-refractivity contribution in [2.24, 2.45) is 0 Å². The molecule has 30 heavy (non-hydrogen) atoms. The maximum absolute atomic E-state index is 13.0. The molecule has 1 N–H and O–H groups in total. The SMILES string of the molecule is Cc1ccc(OCCCC(=O)N(Cc2ccc(Br)cc2)[C@@H](C)C(=O)NC(C)C)cc1. The monoisotopic (exact) mass is 474 g/mol. The number of nitrogens with zero attached hydrogens (tertiary/aromatic N) is 1. The van der Waals surface area contributed by atoms with Crippen molar-refractivity contribution >= 4 is 27.7 Å². The Kier molecular flexibility index (Phi) is 9.37. The molecule has 2 aromatic carbocycles. The predicted molar refractivity (Wildman–Crippen MR) is 123 cm³/mol. The number of hydrogen-bond donors (Lipinski definition) is 1. The van der Waals surface area contributed by atoms with Crippen molar-refractivity contribution in [1.29, 1.82) is 0 Å². The number of amides is 2. The Bertz CT molecular complexity index is 819. The number of benzene rings is 2. The minimum atomic E-state index is -0.554. The number of nitrogens with one attached hydrogen (secondary N) is 1. The van der Waals surface area contributed by atoms with Crippen LogP contribution in [0.15, 0.2) is 53.0 Å². The van der Waals surface area contributed by atoms with Gasteiger partial charge in [0.05, 0.1) is 6.61 Å². The first-order valence-corrected chi connectivity index (χ1v) is 11.1. The van der Waals surface area contributed by atoms with Gasteiger partial charge in [0.2, 0.25) is 11.8 Å². The van der Waals surface area contributed by atoms with Crippen molar-refractivity contribution in [2.75, 3.05) is 6.61 Å². The topological polar surface area (TPSA) is 58.6 Å². The molecule has 1 atom stereocenters. The van der Waals surface area contributed by atoms with Gasteiger partial charge in [-0.2, -0.15) is 0 Å². The van der Waals surface area contributed by atoms with Gasteiger partial charge in [0.25, 0.3) is 0 Å². The summed E-state index contributed by atoms with van der Waals surface area (Å²) in [6.07, 6.45) is 0.907. The second kappa shape index (κ2) is 11.7. The van der Waals surface area contributed by atoms with Gasteiger partial charge in [0, 0.05) is 23.5 Å². The van der Waals surface area contributed by atoms with Gasteiger partial charge < -0.3 is 15.0 Å². The lowest BCUT2D eigenvalue weighted by molar-refractivity contribution is -0.141. The van der Waals surface area contributed by atoms with Crippen molar-refractivity contribution < 1.29 is 14.3 Å². The summed E-state index contributed by atoms with van der Waals surface area (Å²) in [5.41, 5.74) is 2.15. The standard InChI is InChI=1S/C24H31BrN2O3/c1-17(2)26-24(29)19(4)27(16-20-9-11-21(25)12-10-20)23(28)6-5-15-30-22-13-7-18(3)8-14-22/h7-14,17,19H,5-6,15-16H2,1-4H3,(H,26,29)/t19-/m0/s1. The molecule has 0 heterocycles. The summed E-state index contributed by atoms with van der Waals surface area (Å²) in [6.45, 7) is 8.46. The summed E-state index contributed by atoms with van der Waals surface area (Å²) in [4.78, 5) is 27.2. The summed E-state index contributed by atoms with van der Waals surface area (Å²) in [5, 5.41) is 2.90. The third kappa shape index (κ3) is 7.82. The van der Waals surface area contributed by atoms with E-state index in [4.69, 9.17) is 4.74 Å². The quantitative estimate of drug-likeness (QED) is 0.500. The van der Waals surface area contributed by atoms with Crippen LogP contribution in [-0.4, -0.2) is 35.4 Å². The molecule has 0 aliphatic carbocycles. The van der Waals surface area contributed by atoms with Crippen LogP contribution < -0.4 is 10.1 Å². The summed E-state index contributed by atoms with van der Waals surface area (Å²) < 4.78 is 6.70. The molecule has 2 amide bonds. The molecule has 0 fully saturated rings. The second-order valence-electron chi connectivity index (χ2n) is 7.75. The van der Waals surface area contributed by atoms with Gasteiger partial charge >= 0.3 is 0 Å². The van der Waals surface area contributed by atoms with Crippen molar-refractivity contribution in [1.82, 2.24) is 10.2 Å². The fourth-order valence-corrected chi connectivity index (χ4v) is 3.23. The zero-order valence-corrected chi connectivity index (χ0v) is 19.7. The van der Waals surface area contributed by atoms with Gasteiger partial charge in [-0.05, 0) is 63.9 Å². The van der Waals surface area contributed by atoms with E-state index in [9.17, 15) is 9.59 Å². The molecule has 5 nitrogen and oxygen atoms in total. The van der Waals surface area contributed by atoms with Gasteiger partial charge in [0.15, 0.2) is 0 Å². The number of hydrogen-bond acceptors (Lipinski definition) is 3. The summed E-state index contributed by atoms with van der Waals surface area (Å²) >= 11 is 3.43. The molecule has 0 bridgehead atoms. The molecule has 162 valence electrons. The zero-order chi connectivity index (χ0) is 22.1.